The molecule has 0 radical (unpaired) electrons. The summed E-state index contributed by atoms with van der Waals surface area (Å²) < 4.78 is 0. The van der Waals surface area contributed by atoms with Crippen molar-refractivity contribution in [1.29, 1.82) is 5.26 Å². The molecule has 0 aliphatic rings. The standard InChI is InChI=1S/C13H10N6S2/c1-8-12(9-7-20-11(18-9)2-3-14)21-13(17-8)19-10-6-15-4-5-16-10/h4-7H,2H2,1H3,(H,16,17,19). The van der Waals surface area contributed by atoms with Gasteiger partial charge in [-0.2, -0.15) is 5.26 Å². The summed E-state index contributed by atoms with van der Waals surface area (Å²) in [4.78, 5) is 18.1. The van der Waals surface area contributed by atoms with Crippen LogP contribution in [-0.2, 0) is 6.42 Å². The molecule has 6 nitrogen and oxygen atoms in total. The van der Waals surface area contributed by atoms with Crippen molar-refractivity contribution >= 4 is 33.6 Å². The lowest BCUT2D eigenvalue weighted by Crippen LogP contribution is -1.92. The van der Waals surface area contributed by atoms with Gasteiger partial charge < -0.3 is 5.32 Å². The topological polar surface area (TPSA) is 87.4 Å². The second-order valence-corrected chi connectivity index (χ2v) is 6.05. The van der Waals surface area contributed by atoms with E-state index in [0.29, 0.717) is 12.2 Å². The van der Waals surface area contributed by atoms with E-state index in [1.54, 1.807) is 18.6 Å². The van der Waals surface area contributed by atoms with Gasteiger partial charge in [0.15, 0.2) is 10.9 Å². The summed E-state index contributed by atoms with van der Waals surface area (Å²) in [6.07, 6.45) is 5.23. The Morgan fingerprint density at radius 2 is 2.24 bits per heavy atom. The monoisotopic (exact) mass is 314 g/mol. The van der Waals surface area contributed by atoms with Crippen molar-refractivity contribution in [2.45, 2.75) is 13.3 Å². The molecule has 0 saturated carbocycles. The number of hydrogen-bond donors (Lipinski definition) is 1. The van der Waals surface area contributed by atoms with E-state index in [-0.39, 0.29) is 0 Å². The van der Waals surface area contributed by atoms with Crippen molar-refractivity contribution in [3.05, 3.63) is 34.7 Å². The Kier molecular flexibility index (Phi) is 3.85. The summed E-state index contributed by atoms with van der Waals surface area (Å²) >= 11 is 3.00. The van der Waals surface area contributed by atoms with Crippen LogP contribution >= 0.6 is 22.7 Å². The highest BCUT2D eigenvalue weighted by atomic mass is 32.1. The summed E-state index contributed by atoms with van der Waals surface area (Å²) in [6.45, 7) is 1.94. The van der Waals surface area contributed by atoms with Crippen molar-refractivity contribution in [1.82, 2.24) is 19.9 Å². The minimum Gasteiger partial charge on any atom is -0.315 e. The average Bonchev–Trinajstić information content (AvgIpc) is 3.07. The molecule has 1 N–H and O–H groups in total. The van der Waals surface area contributed by atoms with Crippen LogP contribution in [0, 0.1) is 18.3 Å². The normalized spacial score (nSPS) is 10.3. The van der Waals surface area contributed by atoms with E-state index in [2.05, 4.69) is 31.3 Å². The summed E-state index contributed by atoms with van der Waals surface area (Å²) in [5.74, 6) is 0.654. The highest BCUT2D eigenvalue weighted by Crippen LogP contribution is 2.34. The summed E-state index contributed by atoms with van der Waals surface area (Å²) in [6, 6.07) is 2.11. The van der Waals surface area contributed by atoms with Gasteiger partial charge in [0.1, 0.15) is 5.01 Å². The maximum absolute atomic E-state index is 8.71. The Hall–Kier alpha value is -2.37. The van der Waals surface area contributed by atoms with Gasteiger partial charge in [0.2, 0.25) is 0 Å². The van der Waals surface area contributed by atoms with E-state index >= 15 is 0 Å². The number of aryl methyl sites for hydroxylation is 1. The van der Waals surface area contributed by atoms with Crippen LogP contribution in [0.5, 0.6) is 0 Å². The molecule has 0 fully saturated rings. The van der Waals surface area contributed by atoms with Crippen LogP contribution in [-0.4, -0.2) is 19.9 Å². The zero-order valence-electron chi connectivity index (χ0n) is 11.1. The SMILES string of the molecule is Cc1nc(Nc2cnccn2)sc1-c1csc(CC#N)n1. The highest BCUT2D eigenvalue weighted by molar-refractivity contribution is 7.19. The first-order valence-electron chi connectivity index (χ1n) is 6.08. The maximum atomic E-state index is 8.71. The Morgan fingerprint density at radius 1 is 1.33 bits per heavy atom. The van der Waals surface area contributed by atoms with Gasteiger partial charge in [-0.15, -0.1) is 11.3 Å². The summed E-state index contributed by atoms with van der Waals surface area (Å²) in [5, 5.41) is 15.4. The molecule has 21 heavy (non-hydrogen) atoms. The van der Waals surface area contributed by atoms with E-state index in [1.165, 1.54) is 22.7 Å². The lowest BCUT2D eigenvalue weighted by Gasteiger charge is -1.98. The predicted molar refractivity (Wildman–Crippen MR) is 82.6 cm³/mol. The van der Waals surface area contributed by atoms with Crippen molar-refractivity contribution in [3.8, 4) is 16.6 Å². The number of nitrogens with zero attached hydrogens (tertiary/aromatic N) is 5. The van der Waals surface area contributed by atoms with Gasteiger partial charge in [-0.25, -0.2) is 15.0 Å². The molecular formula is C13H10N6S2. The van der Waals surface area contributed by atoms with Gasteiger partial charge >= 0.3 is 0 Å². The number of nitrogens with one attached hydrogen (secondary N) is 1. The van der Waals surface area contributed by atoms with E-state index < -0.39 is 0 Å². The largest absolute Gasteiger partial charge is 0.315 e. The molecule has 3 heterocycles. The van der Waals surface area contributed by atoms with Crippen molar-refractivity contribution in [2.75, 3.05) is 5.32 Å². The first kappa shape index (κ1) is 13.6. The average molecular weight is 314 g/mol. The molecule has 104 valence electrons. The Balaban J connectivity index is 1.85. The summed E-state index contributed by atoms with van der Waals surface area (Å²) in [7, 11) is 0. The molecule has 0 spiro atoms. The number of hydrogen-bond acceptors (Lipinski definition) is 8. The molecule has 0 aliphatic heterocycles. The Morgan fingerprint density at radius 3 is 3.00 bits per heavy atom. The van der Waals surface area contributed by atoms with Crippen molar-refractivity contribution in [3.63, 3.8) is 0 Å². The fourth-order valence-corrected chi connectivity index (χ4v) is 3.45. The molecule has 0 saturated heterocycles. The highest BCUT2D eigenvalue weighted by Gasteiger charge is 2.13. The minimum absolute atomic E-state index is 0.341. The molecule has 0 amide bonds. The van der Waals surface area contributed by atoms with Crippen LogP contribution in [0.2, 0.25) is 0 Å². The van der Waals surface area contributed by atoms with E-state index in [9.17, 15) is 0 Å². The van der Waals surface area contributed by atoms with Crippen LogP contribution in [0.3, 0.4) is 0 Å². The zero-order valence-corrected chi connectivity index (χ0v) is 12.7. The Labute approximate surface area is 129 Å². The number of nitriles is 1. The third kappa shape index (κ3) is 3.04. The second-order valence-electron chi connectivity index (χ2n) is 4.11. The predicted octanol–water partition coefficient (Wildman–Crippen LogP) is 3.17. The summed E-state index contributed by atoms with van der Waals surface area (Å²) in [5.41, 5.74) is 1.77. The minimum atomic E-state index is 0.341. The molecule has 0 unspecified atom stereocenters. The number of anilines is 2. The third-order valence-electron chi connectivity index (χ3n) is 2.61. The zero-order chi connectivity index (χ0) is 14.7. The first-order valence-corrected chi connectivity index (χ1v) is 7.78. The number of rotatable bonds is 4. The molecule has 0 bridgehead atoms. The third-order valence-corrected chi connectivity index (χ3v) is 4.55. The van der Waals surface area contributed by atoms with Crippen LogP contribution in [0.25, 0.3) is 10.6 Å². The molecular weight excluding hydrogens is 304 g/mol. The van der Waals surface area contributed by atoms with Gasteiger partial charge in [-0.1, -0.05) is 11.3 Å². The lowest BCUT2D eigenvalue weighted by molar-refractivity contribution is 1.18. The first-order chi connectivity index (χ1) is 10.3. The van der Waals surface area contributed by atoms with Crippen LogP contribution < -0.4 is 5.32 Å². The molecule has 3 aromatic rings. The van der Waals surface area contributed by atoms with E-state index in [4.69, 9.17) is 5.26 Å². The van der Waals surface area contributed by atoms with Crippen molar-refractivity contribution in [2.24, 2.45) is 0 Å². The fraction of sp³-hybridized carbons (Fsp3) is 0.154. The fourth-order valence-electron chi connectivity index (χ4n) is 1.72. The Bertz CT molecular complexity index is 787. The van der Waals surface area contributed by atoms with E-state index in [0.717, 1.165) is 26.4 Å². The molecule has 0 atom stereocenters. The van der Waals surface area contributed by atoms with Gasteiger partial charge in [0.05, 0.1) is 35.0 Å². The van der Waals surface area contributed by atoms with Gasteiger partial charge in [-0.05, 0) is 6.92 Å². The number of thiazole rings is 2. The van der Waals surface area contributed by atoms with Gasteiger partial charge in [0.25, 0.3) is 0 Å². The molecule has 3 aromatic heterocycles. The quantitative estimate of drug-likeness (QED) is 0.796. The smallest absolute Gasteiger partial charge is 0.189 e. The van der Waals surface area contributed by atoms with Crippen LogP contribution in [0.4, 0.5) is 10.9 Å². The van der Waals surface area contributed by atoms with Gasteiger partial charge in [-0.3, -0.25) is 4.98 Å². The van der Waals surface area contributed by atoms with E-state index in [1.807, 2.05) is 12.3 Å². The van der Waals surface area contributed by atoms with Crippen LogP contribution in [0.15, 0.2) is 24.0 Å². The number of aromatic nitrogens is 4. The maximum Gasteiger partial charge on any atom is 0.189 e. The second kappa shape index (κ2) is 5.95. The molecule has 8 heteroatoms. The molecule has 0 aliphatic carbocycles. The van der Waals surface area contributed by atoms with Crippen LogP contribution in [0.1, 0.15) is 10.7 Å². The van der Waals surface area contributed by atoms with Gasteiger partial charge in [0, 0.05) is 17.8 Å². The molecule has 0 aromatic carbocycles. The van der Waals surface area contributed by atoms with Crippen molar-refractivity contribution < 1.29 is 0 Å². The molecule has 3 rings (SSSR count). The lowest BCUT2D eigenvalue weighted by atomic mass is 10.3.